The molecule has 2 heterocycles. The van der Waals surface area contributed by atoms with Gasteiger partial charge in [-0.3, -0.25) is 14.5 Å². The van der Waals surface area contributed by atoms with Gasteiger partial charge >= 0.3 is 6.09 Å². The van der Waals surface area contributed by atoms with Gasteiger partial charge in [0.25, 0.3) is 0 Å². The maximum atomic E-state index is 14.0. The minimum absolute atomic E-state index is 0.102. The second-order valence-electron chi connectivity index (χ2n) is 10.8. The van der Waals surface area contributed by atoms with Crippen LogP contribution in [0.25, 0.3) is 0 Å². The molecule has 4 rings (SSSR count). The number of ketones is 2. The maximum absolute atomic E-state index is 14.0. The average Bonchev–Trinajstić information content (AvgIpc) is 2.87. The Kier molecular flexibility index (Phi) is 8.90. The number of nitrogens with one attached hydrogen (secondary N) is 1. The summed E-state index contributed by atoms with van der Waals surface area (Å²) in [4.78, 5) is 52.7. The van der Waals surface area contributed by atoms with Crippen molar-refractivity contribution in [3.8, 4) is 5.75 Å². The molecular weight excluding hydrogens is 566 g/mol. The highest BCUT2D eigenvalue weighted by Gasteiger charge is 2.50. The molecule has 2 fully saturated rings. The van der Waals surface area contributed by atoms with Crippen molar-refractivity contribution in [2.45, 2.75) is 77.2 Å². The Morgan fingerprint density at radius 3 is 2.41 bits per heavy atom. The van der Waals surface area contributed by atoms with E-state index in [0.29, 0.717) is 30.1 Å². The predicted molar refractivity (Wildman–Crippen MR) is 150 cm³/mol. The third-order valence-corrected chi connectivity index (χ3v) is 7.47. The highest BCUT2D eigenvalue weighted by molar-refractivity contribution is 9.10. The Hall–Kier alpha value is -3.05. The van der Waals surface area contributed by atoms with E-state index in [0.717, 1.165) is 24.2 Å². The zero-order valence-corrected chi connectivity index (χ0v) is 24.7. The number of carbonyl (C=O) groups is 3. The molecule has 0 spiro atoms. The highest BCUT2D eigenvalue weighted by Crippen LogP contribution is 2.37. The van der Waals surface area contributed by atoms with E-state index in [4.69, 9.17) is 9.47 Å². The molecule has 1 N–H and O–H groups in total. The van der Waals surface area contributed by atoms with E-state index < -0.39 is 17.4 Å². The topological polar surface area (TPSA) is 114 Å². The van der Waals surface area contributed by atoms with Crippen LogP contribution in [0.5, 0.6) is 5.75 Å². The Balaban J connectivity index is 1.56. The molecule has 1 amide bonds. The molecule has 1 saturated carbocycles. The molecule has 0 bridgehead atoms. The number of carbonyl (C=O) groups excluding carboxylic acids is 3. The SMILES string of the molecule is CCC(=O)C(C(=O)c1nc(Br)cnc1NCc1ccc(OC)cc1)N1CCN(C(=O)OC(C)(C)C)[C@H]2CC[C@@H]21. The third-order valence-electron chi connectivity index (χ3n) is 7.08. The van der Waals surface area contributed by atoms with Crippen LogP contribution in [0.4, 0.5) is 10.6 Å². The summed E-state index contributed by atoms with van der Waals surface area (Å²) < 4.78 is 11.2. The minimum Gasteiger partial charge on any atom is -0.497 e. The second kappa shape index (κ2) is 12.0. The number of benzene rings is 1. The van der Waals surface area contributed by atoms with Gasteiger partial charge < -0.3 is 19.7 Å². The summed E-state index contributed by atoms with van der Waals surface area (Å²) in [6, 6.07) is 6.35. The van der Waals surface area contributed by atoms with E-state index in [1.54, 1.807) is 18.9 Å². The number of fused-ring (bicyclic) bond motifs is 1. The molecule has 11 heteroatoms. The van der Waals surface area contributed by atoms with Crippen LogP contribution >= 0.6 is 15.9 Å². The first-order chi connectivity index (χ1) is 18.5. The summed E-state index contributed by atoms with van der Waals surface area (Å²) in [6.45, 7) is 8.45. The minimum atomic E-state index is -1.01. The Labute approximate surface area is 237 Å². The van der Waals surface area contributed by atoms with Crippen LogP contribution < -0.4 is 10.1 Å². The highest BCUT2D eigenvalue weighted by atomic mass is 79.9. The molecule has 1 saturated heterocycles. The summed E-state index contributed by atoms with van der Waals surface area (Å²) in [7, 11) is 1.61. The van der Waals surface area contributed by atoms with Gasteiger partial charge in [-0.2, -0.15) is 0 Å². The van der Waals surface area contributed by atoms with E-state index in [-0.39, 0.29) is 36.1 Å². The Bertz CT molecular complexity index is 1220. The number of aromatic nitrogens is 2. The molecule has 3 atom stereocenters. The van der Waals surface area contributed by atoms with Gasteiger partial charge in [-0.25, -0.2) is 14.8 Å². The standard InChI is InChI=1S/C28H36BrN5O5/c1-6-21(35)24(33-13-14-34(20-12-11-19(20)33)27(37)39-28(2,3)4)25(36)23-26(31-16-22(29)32-23)30-15-17-7-9-18(38-5)10-8-17/h7-10,16,19-20,24H,6,11-15H2,1-5H3,(H,30,31)/t19-,20-,24?/m0/s1. The summed E-state index contributed by atoms with van der Waals surface area (Å²) in [5, 5.41) is 3.21. The summed E-state index contributed by atoms with van der Waals surface area (Å²) >= 11 is 3.33. The third kappa shape index (κ3) is 6.58. The number of amides is 1. The lowest BCUT2D eigenvalue weighted by atomic mass is 9.80. The predicted octanol–water partition coefficient (Wildman–Crippen LogP) is 4.47. The number of Topliss-reactive ketones (excluding diaryl/α,β-unsaturated/α-hetero) is 2. The van der Waals surface area contributed by atoms with Crippen LogP contribution in [-0.2, 0) is 16.1 Å². The van der Waals surface area contributed by atoms with Gasteiger partial charge in [-0.05, 0) is 67.2 Å². The average molecular weight is 603 g/mol. The van der Waals surface area contributed by atoms with Crippen molar-refractivity contribution in [1.29, 1.82) is 0 Å². The molecule has 1 aliphatic heterocycles. The van der Waals surface area contributed by atoms with Gasteiger partial charge in [0.1, 0.15) is 22.0 Å². The molecule has 2 aliphatic rings. The summed E-state index contributed by atoms with van der Waals surface area (Å²) in [5.41, 5.74) is 0.476. The molecule has 1 aromatic carbocycles. The number of halogens is 1. The van der Waals surface area contributed by atoms with Gasteiger partial charge in [0.05, 0.1) is 19.3 Å². The van der Waals surface area contributed by atoms with Crippen LogP contribution in [0.3, 0.4) is 0 Å². The van der Waals surface area contributed by atoms with Crippen molar-refractivity contribution < 1.29 is 23.9 Å². The van der Waals surface area contributed by atoms with E-state index in [1.165, 1.54) is 6.20 Å². The van der Waals surface area contributed by atoms with Crippen molar-refractivity contribution >= 4 is 39.4 Å². The molecular formula is C28H36BrN5O5. The Morgan fingerprint density at radius 2 is 1.82 bits per heavy atom. The monoisotopic (exact) mass is 601 g/mol. The molecule has 1 aliphatic carbocycles. The van der Waals surface area contributed by atoms with Crippen LogP contribution in [0.15, 0.2) is 35.1 Å². The summed E-state index contributed by atoms with van der Waals surface area (Å²) in [6.07, 6.45) is 2.95. The number of nitrogens with zero attached hydrogens (tertiary/aromatic N) is 4. The maximum Gasteiger partial charge on any atom is 0.410 e. The fourth-order valence-corrected chi connectivity index (χ4v) is 5.32. The largest absolute Gasteiger partial charge is 0.497 e. The number of rotatable bonds is 9. The van der Waals surface area contributed by atoms with E-state index in [1.807, 2.05) is 49.9 Å². The fourth-order valence-electron chi connectivity index (χ4n) is 5.04. The van der Waals surface area contributed by atoms with Crippen molar-refractivity contribution in [2.24, 2.45) is 0 Å². The molecule has 0 radical (unpaired) electrons. The lowest BCUT2D eigenvalue weighted by Crippen LogP contribution is -2.70. The molecule has 1 aromatic heterocycles. The number of anilines is 1. The first-order valence-electron chi connectivity index (χ1n) is 13.2. The second-order valence-corrected chi connectivity index (χ2v) is 11.6. The van der Waals surface area contributed by atoms with Gasteiger partial charge in [0.2, 0.25) is 5.78 Å². The normalized spacial score (nSPS) is 19.9. The lowest BCUT2D eigenvalue weighted by Gasteiger charge is -2.55. The quantitative estimate of drug-likeness (QED) is 0.328. The fraction of sp³-hybridized carbons (Fsp3) is 0.536. The number of hydrogen-bond acceptors (Lipinski definition) is 9. The first kappa shape index (κ1) is 28.9. The van der Waals surface area contributed by atoms with Gasteiger partial charge in [-0.1, -0.05) is 19.1 Å². The molecule has 10 nitrogen and oxygen atoms in total. The number of methoxy groups -OCH3 is 1. The van der Waals surface area contributed by atoms with Crippen LogP contribution in [0, 0.1) is 0 Å². The van der Waals surface area contributed by atoms with Crippen molar-refractivity contribution in [3.63, 3.8) is 0 Å². The number of hydrogen-bond donors (Lipinski definition) is 1. The van der Waals surface area contributed by atoms with Crippen molar-refractivity contribution in [3.05, 3.63) is 46.3 Å². The zero-order chi connectivity index (χ0) is 28.3. The van der Waals surface area contributed by atoms with E-state index in [9.17, 15) is 14.4 Å². The molecule has 2 aromatic rings. The first-order valence-corrected chi connectivity index (χ1v) is 14.0. The van der Waals surface area contributed by atoms with Crippen LogP contribution in [0.1, 0.15) is 63.0 Å². The van der Waals surface area contributed by atoms with Gasteiger partial charge in [-0.15, -0.1) is 0 Å². The van der Waals surface area contributed by atoms with Crippen molar-refractivity contribution in [1.82, 2.24) is 19.8 Å². The molecule has 39 heavy (non-hydrogen) atoms. The number of piperazine rings is 1. The van der Waals surface area contributed by atoms with E-state index >= 15 is 0 Å². The summed E-state index contributed by atoms with van der Waals surface area (Å²) in [5.74, 6) is 0.481. The van der Waals surface area contributed by atoms with Gasteiger partial charge in [0.15, 0.2) is 17.3 Å². The number of ether oxygens (including phenoxy) is 2. The van der Waals surface area contributed by atoms with Crippen LogP contribution in [-0.4, -0.2) is 81.4 Å². The Morgan fingerprint density at radius 1 is 1.13 bits per heavy atom. The smallest absolute Gasteiger partial charge is 0.410 e. The van der Waals surface area contributed by atoms with Gasteiger partial charge in [0, 0.05) is 32.1 Å². The zero-order valence-electron chi connectivity index (χ0n) is 23.1. The lowest BCUT2D eigenvalue weighted by molar-refractivity contribution is -0.127. The van der Waals surface area contributed by atoms with Crippen molar-refractivity contribution in [2.75, 3.05) is 25.5 Å². The molecule has 210 valence electrons. The van der Waals surface area contributed by atoms with Crippen LogP contribution in [0.2, 0.25) is 0 Å². The van der Waals surface area contributed by atoms with E-state index in [2.05, 4.69) is 31.2 Å². The molecule has 1 unspecified atom stereocenters.